The molecule has 0 aliphatic rings. The fraction of sp³-hybridized carbons (Fsp3) is 0.182. The first-order chi connectivity index (χ1) is 7.62. The van der Waals surface area contributed by atoms with Crippen molar-refractivity contribution in [2.24, 2.45) is 0 Å². The number of methoxy groups -OCH3 is 2. The van der Waals surface area contributed by atoms with Crippen molar-refractivity contribution in [3.63, 3.8) is 0 Å². The van der Waals surface area contributed by atoms with E-state index in [2.05, 4.69) is 20.4 Å². The number of hydrogen-bond acceptors (Lipinski definition) is 5. The Morgan fingerprint density at radius 2 is 1.62 bits per heavy atom. The second-order valence-electron chi connectivity index (χ2n) is 2.75. The highest BCUT2D eigenvalue weighted by Crippen LogP contribution is 2.07. The number of nitrogens with zero attached hydrogens (tertiary/aromatic N) is 1. The van der Waals surface area contributed by atoms with Crippen molar-refractivity contribution in [2.45, 2.75) is 0 Å². The summed E-state index contributed by atoms with van der Waals surface area (Å²) in [7, 11) is 2.43. The van der Waals surface area contributed by atoms with Crippen molar-refractivity contribution < 1.29 is 19.1 Å². The molecule has 0 radical (unpaired) electrons. The maximum absolute atomic E-state index is 11.2. The van der Waals surface area contributed by atoms with E-state index in [-0.39, 0.29) is 11.4 Å². The number of hydrogen-bond donors (Lipinski definition) is 0. The molecule has 5 heteroatoms. The molecule has 0 N–H and O–H groups in total. The molecule has 0 spiro atoms. The summed E-state index contributed by atoms with van der Waals surface area (Å²) in [4.78, 5) is 26.3. The largest absolute Gasteiger partial charge is 0.464 e. The second kappa shape index (κ2) is 4.94. The molecule has 82 valence electrons. The number of carbonyl (C=O) groups excluding carboxylic acids is 2. The lowest BCUT2D eigenvalue weighted by atomic mass is 10.2. The van der Waals surface area contributed by atoms with Gasteiger partial charge in [0.05, 0.1) is 14.2 Å². The second-order valence-corrected chi connectivity index (χ2v) is 2.75. The van der Waals surface area contributed by atoms with E-state index in [4.69, 9.17) is 6.42 Å². The highest BCUT2D eigenvalue weighted by molar-refractivity contribution is 5.92. The third kappa shape index (κ3) is 2.36. The van der Waals surface area contributed by atoms with Gasteiger partial charge in [0.1, 0.15) is 0 Å². The predicted octanol–water partition coefficient (Wildman–Crippen LogP) is 0.636. The first-order valence-electron chi connectivity index (χ1n) is 4.27. The van der Waals surface area contributed by atoms with Crippen LogP contribution in [0.2, 0.25) is 0 Å². The van der Waals surface area contributed by atoms with Gasteiger partial charge in [0.2, 0.25) is 0 Å². The van der Waals surface area contributed by atoms with Crippen LogP contribution < -0.4 is 0 Å². The average molecular weight is 219 g/mol. The molecule has 0 saturated heterocycles. The van der Waals surface area contributed by atoms with Crippen molar-refractivity contribution in [1.29, 1.82) is 0 Å². The number of ether oxygens (including phenoxy) is 2. The maximum atomic E-state index is 11.2. The van der Waals surface area contributed by atoms with E-state index in [0.717, 1.165) is 0 Å². The summed E-state index contributed by atoms with van der Waals surface area (Å²) in [5.41, 5.74) is 0.299. The summed E-state index contributed by atoms with van der Waals surface area (Å²) >= 11 is 0. The highest BCUT2D eigenvalue weighted by Gasteiger charge is 2.14. The molecule has 1 aromatic heterocycles. The van der Waals surface area contributed by atoms with Gasteiger partial charge in [0.25, 0.3) is 0 Å². The molecule has 1 heterocycles. The highest BCUT2D eigenvalue weighted by atomic mass is 16.5. The number of rotatable bonds is 2. The molecule has 0 fully saturated rings. The SMILES string of the molecule is C#Cc1cc(C(=O)OC)nc(C(=O)OC)c1. The van der Waals surface area contributed by atoms with Gasteiger partial charge in [-0.1, -0.05) is 5.92 Å². The van der Waals surface area contributed by atoms with E-state index in [1.807, 2.05) is 0 Å². The standard InChI is InChI=1S/C11H9NO4/c1-4-7-5-8(10(13)15-2)12-9(6-7)11(14)16-3/h1,5-6H,2-3H3. The van der Waals surface area contributed by atoms with Gasteiger partial charge in [-0.3, -0.25) is 0 Å². The number of carbonyl (C=O) groups is 2. The summed E-state index contributed by atoms with van der Waals surface area (Å²) in [6.07, 6.45) is 5.19. The number of pyridine rings is 1. The minimum absolute atomic E-state index is 0.0293. The van der Waals surface area contributed by atoms with Crippen LogP contribution in [0, 0.1) is 12.3 Å². The van der Waals surface area contributed by atoms with Gasteiger partial charge >= 0.3 is 11.9 Å². The topological polar surface area (TPSA) is 65.5 Å². The molecular weight excluding hydrogens is 210 g/mol. The molecule has 0 amide bonds. The zero-order chi connectivity index (χ0) is 12.1. The van der Waals surface area contributed by atoms with Gasteiger partial charge in [-0.05, 0) is 12.1 Å². The molecular formula is C11H9NO4. The quantitative estimate of drug-likeness (QED) is 0.539. The number of terminal acetylenes is 1. The van der Waals surface area contributed by atoms with Crippen LogP contribution in [0.25, 0.3) is 0 Å². The van der Waals surface area contributed by atoms with Gasteiger partial charge in [-0.15, -0.1) is 6.42 Å². The van der Waals surface area contributed by atoms with E-state index in [1.54, 1.807) is 0 Å². The van der Waals surface area contributed by atoms with Crippen LogP contribution in [0.5, 0.6) is 0 Å². The number of aromatic nitrogens is 1. The molecule has 0 saturated carbocycles. The molecule has 0 aromatic carbocycles. The van der Waals surface area contributed by atoms with E-state index >= 15 is 0 Å². The molecule has 0 unspecified atom stereocenters. The van der Waals surface area contributed by atoms with Gasteiger partial charge in [-0.25, -0.2) is 14.6 Å². The van der Waals surface area contributed by atoms with Crippen molar-refractivity contribution in [1.82, 2.24) is 4.98 Å². The third-order valence-electron chi connectivity index (χ3n) is 1.78. The predicted molar refractivity (Wildman–Crippen MR) is 54.9 cm³/mol. The normalized spacial score (nSPS) is 9.06. The zero-order valence-electron chi connectivity index (χ0n) is 8.81. The minimum Gasteiger partial charge on any atom is -0.464 e. The fourth-order valence-corrected chi connectivity index (χ4v) is 1.03. The van der Waals surface area contributed by atoms with Gasteiger partial charge in [-0.2, -0.15) is 0 Å². The molecule has 16 heavy (non-hydrogen) atoms. The van der Waals surface area contributed by atoms with Crippen LogP contribution in [-0.2, 0) is 9.47 Å². The van der Waals surface area contributed by atoms with Crippen LogP contribution in [-0.4, -0.2) is 31.1 Å². The van der Waals surface area contributed by atoms with E-state index in [0.29, 0.717) is 5.56 Å². The molecule has 0 atom stereocenters. The summed E-state index contributed by atoms with van der Waals surface area (Å²) in [6.45, 7) is 0. The lowest BCUT2D eigenvalue weighted by Crippen LogP contribution is -2.11. The Balaban J connectivity index is 3.27. The Morgan fingerprint density at radius 3 is 1.94 bits per heavy atom. The monoisotopic (exact) mass is 219 g/mol. The zero-order valence-corrected chi connectivity index (χ0v) is 8.81. The summed E-state index contributed by atoms with van der Waals surface area (Å²) in [6, 6.07) is 2.72. The Hall–Kier alpha value is -2.35. The lowest BCUT2D eigenvalue weighted by molar-refractivity contribution is 0.0586. The molecule has 1 aromatic rings. The Labute approximate surface area is 92.4 Å². The van der Waals surface area contributed by atoms with Crippen molar-refractivity contribution >= 4 is 11.9 Å². The van der Waals surface area contributed by atoms with Gasteiger partial charge < -0.3 is 9.47 Å². The lowest BCUT2D eigenvalue weighted by Gasteiger charge is -2.03. The summed E-state index contributed by atoms with van der Waals surface area (Å²) in [5, 5.41) is 0. The van der Waals surface area contributed by atoms with E-state index in [1.165, 1.54) is 26.4 Å². The van der Waals surface area contributed by atoms with Gasteiger partial charge in [0, 0.05) is 5.56 Å². The van der Waals surface area contributed by atoms with Crippen molar-refractivity contribution in [3.05, 3.63) is 29.1 Å². The Kier molecular flexibility index (Phi) is 3.62. The average Bonchev–Trinajstić information content (AvgIpc) is 2.35. The first kappa shape index (κ1) is 11.7. The van der Waals surface area contributed by atoms with Gasteiger partial charge in [0.15, 0.2) is 11.4 Å². The summed E-state index contributed by atoms with van der Waals surface area (Å²) in [5.74, 6) is 0.981. The van der Waals surface area contributed by atoms with Crippen LogP contribution in [0.15, 0.2) is 12.1 Å². The fourth-order valence-electron chi connectivity index (χ4n) is 1.03. The molecule has 0 aliphatic heterocycles. The van der Waals surface area contributed by atoms with Crippen LogP contribution >= 0.6 is 0 Å². The van der Waals surface area contributed by atoms with Crippen molar-refractivity contribution in [3.8, 4) is 12.3 Å². The molecule has 5 nitrogen and oxygen atoms in total. The van der Waals surface area contributed by atoms with Crippen LogP contribution in [0.4, 0.5) is 0 Å². The van der Waals surface area contributed by atoms with Crippen LogP contribution in [0.1, 0.15) is 26.5 Å². The minimum atomic E-state index is -0.665. The molecule has 0 aliphatic carbocycles. The molecule has 1 rings (SSSR count). The Morgan fingerprint density at radius 1 is 1.19 bits per heavy atom. The first-order valence-corrected chi connectivity index (χ1v) is 4.27. The van der Waals surface area contributed by atoms with E-state index < -0.39 is 11.9 Å². The van der Waals surface area contributed by atoms with Crippen LogP contribution in [0.3, 0.4) is 0 Å². The number of esters is 2. The maximum Gasteiger partial charge on any atom is 0.356 e. The molecule has 0 bridgehead atoms. The Bertz CT molecular complexity index is 439. The smallest absolute Gasteiger partial charge is 0.356 e. The third-order valence-corrected chi connectivity index (χ3v) is 1.78. The summed E-state index contributed by atoms with van der Waals surface area (Å²) < 4.78 is 8.96. The van der Waals surface area contributed by atoms with E-state index in [9.17, 15) is 9.59 Å². The van der Waals surface area contributed by atoms with Crippen molar-refractivity contribution in [2.75, 3.05) is 14.2 Å².